The number of carboxylic acids is 3. The number of ether oxygens (including phenoxy) is 1. The zero-order valence-electron chi connectivity index (χ0n) is 24.1. The van der Waals surface area contributed by atoms with Gasteiger partial charge in [0, 0.05) is 70.6 Å². The van der Waals surface area contributed by atoms with Gasteiger partial charge in [-0.1, -0.05) is 6.07 Å². The summed E-state index contributed by atoms with van der Waals surface area (Å²) in [7, 11) is 2.13. The smallest absolute Gasteiger partial charge is 0.475 e. The predicted octanol–water partition coefficient (Wildman–Crippen LogP) is 4.19. The van der Waals surface area contributed by atoms with E-state index in [2.05, 4.69) is 50.8 Å². The normalized spacial score (nSPS) is 16.9. The van der Waals surface area contributed by atoms with Crippen molar-refractivity contribution >= 4 is 17.9 Å². The number of pyridine rings is 1. The Balaban J connectivity index is 0.000000413. The van der Waals surface area contributed by atoms with Gasteiger partial charge in [-0.05, 0) is 36.6 Å². The largest absolute Gasteiger partial charge is 0.490 e. The van der Waals surface area contributed by atoms with Gasteiger partial charge in [0.1, 0.15) is 0 Å². The van der Waals surface area contributed by atoms with Crippen LogP contribution in [0.5, 0.6) is 0 Å². The lowest BCUT2D eigenvalue weighted by molar-refractivity contribution is -0.193. The van der Waals surface area contributed by atoms with E-state index in [0.29, 0.717) is 0 Å². The van der Waals surface area contributed by atoms with E-state index < -0.39 is 36.4 Å². The van der Waals surface area contributed by atoms with Crippen LogP contribution in [0.3, 0.4) is 0 Å². The van der Waals surface area contributed by atoms with E-state index in [1.807, 2.05) is 18.5 Å². The van der Waals surface area contributed by atoms with Gasteiger partial charge in [-0.3, -0.25) is 14.8 Å². The van der Waals surface area contributed by atoms with Crippen molar-refractivity contribution in [1.82, 2.24) is 19.4 Å². The Morgan fingerprint density at radius 2 is 1.30 bits per heavy atom. The van der Waals surface area contributed by atoms with Gasteiger partial charge in [0.15, 0.2) is 0 Å². The van der Waals surface area contributed by atoms with Crippen LogP contribution in [0.1, 0.15) is 24.1 Å². The van der Waals surface area contributed by atoms with E-state index in [-0.39, 0.29) is 5.60 Å². The van der Waals surface area contributed by atoms with Crippen LogP contribution in [0.2, 0.25) is 0 Å². The van der Waals surface area contributed by atoms with Crippen molar-refractivity contribution in [2.24, 2.45) is 7.05 Å². The predicted molar refractivity (Wildman–Crippen MR) is 139 cm³/mol. The number of piperidine rings is 1. The minimum atomic E-state index is -5.08. The number of halogens is 9. The Kier molecular flexibility index (Phi) is 14.9. The minimum absolute atomic E-state index is 0.0468. The number of nitrogens with zero attached hydrogens (tertiary/aromatic N) is 4. The van der Waals surface area contributed by atoms with Crippen LogP contribution in [0, 0.1) is 0 Å². The summed E-state index contributed by atoms with van der Waals surface area (Å²) in [4.78, 5) is 36.0. The molecule has 2 saturated heterocycles. The second kappa shape index (κ2) is 17.1. The van der Waals surface area contributed by atoms with Crippen LogP contribution in [0.25, 0.3) is 0 Å². The summed E-state index contributed by atoms with van der Waals surface area (Å²) >= 11 is 0. The van der Waals surface area contributed by atoms with Crippen molar-refractivity contribution in [2.45, 2.75) is 50.1 Å². The Labute approximate surface area is 255 Å². The Bertz CT molecular complexity index is 1190. The van der Waals surface area contributed by atoms with Crippen LogP contribution in [-0.4, -0.2) is 109 Å². The number of rotatable bonds is 4. The lowest BCUT2D eigenvalue weighted by Crippen LogP contribution is -2.56. The van der Waals surface area contributed by atoms with Crippen LogP contribution in [0.15, 0.2) is 42.9 Å². The van der Waals surface area contributed by atoms with Crippen LogP contribution in [-0.2, 0) is 39.3 Å². The quantitative estimate of drug-likeness (QED) is 0.402. The second-order valence-electron chi connectivity index (χ2n) is 9.90. The molecule has 0 unspecified atom stereocenters. The molecule has 0 amide bonds. The van der Waals surface area contributed by atoms with E-state index >= 15 is 0 Å². The van der Waals surface area contributed by atoms with Crippen molar-refractivity contribution in [3.05, 3.63) is 54.1 Å². The van der Waals surface area contributed by atoms with Crippen molar-refractivity contribution in [1.29, 1.82) is 0 Å². The number of aryl methyl sites for hydroxylation is 1. The molecule has 4 rings (SSSR count). The van der Waals surface area contributed by atoms with Gasteiger partial charge in [0.2, 0.25) is 0 Å². The zero-order valence-corrected chi connectivity index (χ0v) is 24.1. The average Bonchev–Trinajstić information content (AvgIpc) is 3.34. The topological polar surface area (TPSA) is 145 Å². The first-order valence-corrected chi connectivity index (χ1v) is 13.0. The lowest BCUT2D eigenvalue weighted by atomic mass is 9.89. The van der Waals surface area contributed by atoms with Gasteiger partial charge in [-0.2, -0.15) is 39.5 Å². The van der Waals surface area contributed by atoms with E-state index in [1.54, 1.807) is 0 Å². The molecule has 2 aromatic rings. The van der Waals surface area contributed by atoms with Gasteiger partial charge < -0.3 is 24.6 Å². The van der Waals surface area contributed by atoms with E-state index in [9.17, 15) is 39.5 Å². The van der Waals surface area contributed by atoms with Gasteiger partial charge in [-0.15, -0.1) is 0 Å². The molecule has 1 spiro atoms. The molecule has 0 saturated carbocycles. The molecular weight excluding hydrogens is 651 g/mol. The van der Waals surface area contributed by atoms with Crippen molar-refractivity contribution in [2.75, 3.05) is 32.8 Å². The highest BCUT2D eigenvalue weighted by Gasteiger charge is 2.41. The first-order chi connectivity index (χ1) is 21.1. The summed E-state index contributed by atoms with van der Waals surface area (Å²) < 4.78 is 104. The molecule has 260 valence electrons. The van der Waals surface area contributed by atoms with Gasteiger partial charge >= 0.3 is 36.4 Å². The number of likely N-dealkylation sites (tertiary alicyclic amines) is 1. The molecule has 2 aliphatic heterocycles. The Morgan fingerprint density at radius 3 is 1.70 bits per heavy atom. The number of hydrogen-bond acceptors (Lipinski definition) is 7. The Morgan fingerprint density at radius 1 is 0.804 bits per heavy atom. The molecule has 46 heavy (non-hydrogen) atoms. The highest BCUT2D eigenvalue weighted by atomic mass is 19.4. The number of carboxylic acid groups (broad SMARTS) is 3. The molecular formula is C26H31F9N4O7. The van der Waals surface area contributed by atoms with Crippen molar-refractivity contribution < 1.29 is 74.0 Å². The maximum Gasteiger partial charge on any atom is 0.490 e. The number of carbonyl (C=O) groups is 3. The van der Waals surface area contributed by atoms with Gasteiger partial charge in [-0.25, -0.2) is 14.4 Å². The van der Waals surface area contributed by atoms with Crippen molar-refractivity contribution in [3.63, 3.8) is 0 Å². The van der Waals surface area contributed by atoms with Crippen LogP contribution in [0.4, 0.5) is 39.5 Å². The first-order valence-electron chi connectivity index (χ1n) is 13.0. The monoisotopic (exact) mass is 682 g/mol. The molecule has 0 aliphatic carbocycles. The van der Waals surface area contributed by atoms with E-state index in [0.717, 1.165) is 58.7 Å². The van der Waals surface area contributed by atoms with Gasteiger partial charge in [0.25, 0.3) is 0 Å². The molecule has 2 aromatic heterocycles. The fraction of sp³-hybridized carbons (Fsp3) is 0.538. The summed E-state index contributed by atoms with van der Waals surface area (Å²) in [5, 5.41) is 21.4. The number of aliphatic carboxylic acids is 3. The van der Waals surface area contributed by atoms with E-state index in [4.69, 9.17) is 34.4 Å². The lowest BCUT2D eigenvalue weighted by Gasteiger charge is -2.47. The first kappa shape index (κ1) is 40.1. The highest BCUT2D eigenvalue weighted by Crippen LogP contribution is 2.31. The van der Waals surface area contributed by atoms with Gasteiger partial charge in [0.05, 0.1) is 12.2 Å². The molecule has 2 aliphatic rings. The molecule has 0 radical (unpaired) electrons. The number of hydrogen-bond donors (Lipinski definition) is 3. The summed E-state index contributed by atoms with van der Waals surface area (Å²) in [6.07, 6.45) is -7.05. The van der Waals surface area contributed by atoms with Crippen LogP contribution < -0.4 is 0 Å². The summed E-state index contributed by atoms with van der Waals surface area (Å²) in [5.74, 6) is -8.27. The zero-order chi connectivity index (χ0) is 35.3. The third kappa shape index (κ3) is 14.9. The standard InChI is InChI=1S/C20H28N4O.3C2HF3O2/c1-22-9-3-5-19(22)16-23-10-6-20(7-11-23)17-24(12-13-25-20)15-18-4-2-8-21-14-18;3*3-2(4,5)1(6)7/h2-5,8-9,14H,6-7,10-13,15-17H2,1H3;3*(H,6,7). The second-order valence-corrected chi connectivity index (χ2v) is 9.90. The third-order valence-electron chi connectivity index (χ3n) is 6.39. The molecule has 4 heterocycles. The third-order valence-corrected chi connectivity index (χ3v) is 6.39. The van der Waals surface area contributed by atoms with Crippen molar-refractivity contribution in [3.8, 4) is 0 Å². The maximum atomic E-state index is 10.6. The number of morpholine rings is 1. The molecule has 20 heteroatoms. The number of aromatic nitrogens is 2. The average molecular weight is 683 g/mol. The number of alkyl halides is 9. The van der Waals surface area contributed by atoms with Crippen LogP contribution >= 0.6 is 0 Å². The molecule has 0 atom stereocenters. The molecule has 0 bridgehead atoms. The molecule has 0 aromatic carbocycles. The minimum Gasteiger partial charge on any atom is -0.475 e. The fourth-order valence-corrected chi connectivity index (χ4v) is 4.12. The SMILES string of the molecule is Cn1cccc1CN1CCC2(CC1)CN(Cc1cccnc1)CCO2.O=C(O)C(F)(F)F.O=C(O)C(F)(F)F.O=C(O)C(F)(F)F. The summed E-state index contributed by atoms with van der Waals surface area (Å²) in [5.41, 5.74) is 2.73. The Hall–Kier alpha value is -3.91. The summed E-state index contributed by atoms with van der Waals surface area (Å²) in [6, 6.07) is 8.53. The molecule has 2 fully saturated rings. The highest BCUT2D eigenvalue weighted by molar-refractivity contribution is 5.73. The van der Waals surface area contributed by atoms with E-state index in [1.165, 1.54) is 11.3 Å². The fourth-order valence-electron chi connectivity index (χ4n) is 4.12. The summed E-state index contributed by atoms with van der Waals surface area (Å²) in [6.45, 7) is 7.16. The maximum absolute atomic E-state index is 10.6. The molecule has 3 N–H and O–H groups in total. The molecule has 11 nitrogen and oxygen atoms in total.